The van der Waals surface area contributed by atoms with Crippen LogP contribution in [0.5, 0.6) is 0 Å². The fraction of sp³-hybridized carbons (Fsp3) is 0.176. The first-order chi connectivity index (χ1) is 10.6. The molecule has 0 amide bonds. The van der Waals surface area contributed by atoms with Gasteiger partial charge in [-0.05, 0) is 42.7 Å². The third-order valence-electron chi connectivity index (χ3n) is 4.27. The van der Waals surface area contributed by atoms with Gasteiger partial charge in [0.25, 0.3) is 0 Å². The zero-order valence-electron chi connectivity index (χ0n) is 12.4. The number of aromatic nitrogens is 3. The molecular formula is C17H17N5. The van der Waals surface area contributed by atoms with Gasteiger partial charge in [0.2, 0.25) is 0 Å². The second-order valence-electron chi connectivity index (χ2n) is 5.74. The van der Waals surface area contributed by atoms with Crippen molar-refractivity contribution in [3.8, 4) is 22.8 Å². The van der Waals surface area contributed by atoms with Gasteiger partial charge in [0, 0.05) is 29.0 Å². The molecule has 0 saturated heterocycles. The quantitative estimate of drug-likeness (QED) is 0.675. The van der Waals surface area contributed by atoms with E-state index in [4.69, 9.17) is 11.5 Å². The minimum Gasteiger partial charge on any atom is -0.399 e. The van der Waals surface area contributed by atoms with Crippen LogP contribution in [-0.2, 0) is 13.0 Å². The summed E-state index contributed by atoms with van der Waals surface area (Å²) in [6.45, 7) is 2.86. The topological polar surface area (TPSA) is 82.8 Å². The summed E-state index contributed by atoms with van der Waals surface area (Å²) in [5.41, 5.74) is 17.9. The maximum atomic E-state index is 6.03. The number of nitrogens with two attached hydrogens (primary N) is 2. The van der Waals surface area contributed by atoms with Crippen LogP contribution in [0.15, 0.2) is 36.4 Å². The molecule has 0 bridgehead atoms. The Balaban J connectivity index is 1.88. The van der Waals surface area contributed by atoms with Crippen LogP contribution in [0.25, 0.3) is 22.8 Å². The summed E-state index contributed by atoms with van der Waals surface area (Å²) in [6.07, 6.45) is 0.953. The Morgan fingerprint density at radius 1 is 1.00 bits per heavy atom. The predicted molar refractivity (Wildman–Crippen MR) is 88.2 cm³/mol. The van der Waals surface area contributed by atoms with E-state index < -0.39 is 0 Å². The van der Waals surface area contributed by atoms with Crippen LogP contribution in [-0.4, -0.2) is 14.8 Å². The molecule has 4 rings (SSSR count). The van der Waals surface area contributed by atoms with Crippen molar-refractivity contribution in [2.45, 2.75) is 19.9 Å². The molecule has 0 fully saturated rings. The van der Waals surface area contributed by atoms with Gasteiger partial charge in [0.1, 0.15) is 0 Å². The smallest absolute Gasteiger partial charge is 0.164 e. The molecule has 1 aliphatic rings. The van der Waals surface area contributed by atoms with E-state index in [1.54, 1.807) is 0 Å². The van der Waals surface area contributed by atoms with Crippen LogP contribution in [0.4, 0.5) is 11.4 Å². The molecule has 2 heterocycles. The summed E-state index contributed by atoms with van der Waals surface area (Å²) >= 11 is 0. The zero-order chi connectivity index (χ0) is 15.3. The molecule has 0 saturated carbocycles. The van der Waals surface area contributed by atoms with E-state index in [-0.39, 0.29) is 0 Å². The molecule has 3 aromatic rings. The van der Waals surface area contributed by atoms with E-state index >= 15 is 0 Å². The van der Waals surface area contributed by atoms with Gasteiger partial charge in [-0.25, -0.2) is 0 Å². The molecule has 4 N–H and O–H groups in total. The average Bonchev–Trinajstić information content (AvgIpc) is 2.94. The highest BCUT2D eigenvalue weighted by molar-refractivity contribution is 5.71. The van der Waals surface area contributed by atoms with Crippen LogP contribution in [0.2, 0.25) is 0 Å². The van der Waals surface area contributed by atoms with Crippen molar-refractivity contribution in [1.82, 2.24) is 14.8 Å². The van der Waals surface area contributed by atoms with E-state index in [2.05, 4.69) is 20.8 Å². The lowest BCUT2D eigenvalue weighted by atomic mass is 9.99. The van der Waals surface area contributed by atoms with Crippen LogP contribution in [0.3, 0.4) is 0 Å². The second kappa shape index (κ2) is 4.59. The SMILES string of the molecule is Cc1ccc(-c2nnc3n2CCc2ccc(N)cc2-3)cc1N. The minimum absolute atomic E-state index is 0.747. The first kappa shape index (κ1) is 12.9. The maximum absolute atomic E-state index is 6.03. The third-order valence-corrected chi connectivity index (χ3v) is 4.27. The number of nitrogen functional groups attached to an aromatic ring is 2. The van der Waals surface area contributed by atoms with E-state index in [1.165, 1.54) is 5.56 Å². The van der Waals surface area contributed by atoms with E-state index in [9.17, 15) is 0 Å². The molecule has 0 spiro atoms. The van der Waals surface area contributed by atoms with Gasteiger partial charge in [-0.2, -0.15) is 0 Å². The van der Waals surface area contributed by atoms with Gasteiger partial charge in [-0.1, -0.05) is 18.2 Å². The van der Waals surface area contributed by atoms with Crippen molar-refractivity contribution in [2.75, 3.05) is 11.5 Å². The molecule has 0 aliphatic carbocycles. The molecule has 0 unspecified atom stereocenters. The summed E-state index contributed by atoms with van der Waals surface area (Å²) in [6, 6.07) is 12.0. The van der Waals surface area contributed by atoms with Crippen molar-refractivity contribution in [1.29, 1.82) is 0 Å². The minimum atomic E-state index is 0.747. The maximum Gasteiger partial charge on any atom is 0.164 e. The first-order valence-corrected chi connectivity index (χ1v) is 7.32. The normalized spacial score (nSPS) is 12.8. The number of hydrogen-bond donors (Lipinski definition) is 2. The van der Waals surface area contributed by atoms with Crippen molar-refractivity contribution in [3.63, 3.8) is 0 Å². The van der Waals surface area contributed by atoms with Gasteiger partial charge in [0.05, 0.1) is 0 Å². The highest BCUT2D eigenvalue weighted by Gasteiger charge is 2.22. The summed E-state index contributed by atoms with van der Waals surface area (Å²) in [7, 11) is 0. The molecular weight excluding hydrogens is 274 g/mol. The Morgan fingerprint density at radius 3 is 2.64 bits per heavy atom. The second-order valence-corrected chi connectivity index (χ2v) is 5.74. The van der Waals surface area contributed by atoms with Crippen LogP contribution >= 0.6 is 0 Å². The average molecular weight is 291 g/mol. The highest BCUT2D eigenvalue weighted by Crippen LogP contribution is 2.33. The third kappa shape index (κ3) is 1.86. The van der Waals surface area contributed by atoms with Gasteiger partial charge in [-0.3, -0.25) is 0 Å². The number of aryl methyl sites for hydroxylation is 2. The predicted octanol–water partition coefficient (Wildman–Crippen LogP) is 2.64. The number of fused-ring (bicyclic) bond motifs is 3. The van der Waals surface area contributed by atoms with Crippen molar-refractivity contribution in [3.05, 3.63) is 47.5 Å². The summed E-state index contributed by atoms with van der Waals surface area (Å²) in [5, 5.41) is 8.77. The Morgan fingerprint density at radius 2 is 1.82 bits per heavy atom. The van der Waals surface area contributed by atoms with Gasteiger partial charge in [-0.15, -0.1) is 10.2 Å². The number of hydrogen-bond acceptors (Lipinski definition) is 4. The summed E-state index contributed by atoms with van der Waals surface area (Å²) < 4.78 is 2.14. The molecule has 5 nitrogen and oxygen atoms in total. The number of nitrogens with zero attached hydrogens (tertiary/aromatic N) is 3. The molecule has 22 heavy (non-hydrogen) atoms. The van der Waals surface area contributed by atoms with E-state index in [1.807, 2.05) is 37.3 Å². The Bertz CT molecular complexity index is 879. The zero-order valence-corrected chi connectivity index (χ0v) is 12.4. The Kier molecular flexibility index (Phi) is 2.69. The van der Waals surface area contributed by atoms with Gasteiger partial charge < -0.3 is 16.0 Å². The highest BCUT2D eigenvalue weighted by atomic mass is 15.3. The first-order valence-electron chi connectivity index (χ1n) is 7.32. The van der Waals surface area contributed by atoms with E-state index in [0.717, 1.165) is 52.7 Å². The van der Waals surface area contributed by atoms with Crippen molar-refractivity contribution >= 4 is 11.4 Å². The standard InChI is InChI=1S/C17H17N5/c1-10-2-3-12(8-15(10)19)16-20-21-17-14-9-13(18)5-4-11(14)6-7-22(16)17/h2-5,8-9H,6-7,18-19H2,1H3. The summed E-state index contributed by atoms with van der Waals surface area (Å²) in [5.74, 6) is 1.73. The molecule has 2 aromatic carbocycles. The largest absolute Gasteiger partial charge is 0.399 e. The lowest BCUT2D eigenvalue weighted by Crippen LogP contribution is -2.12. The van der Waals surface area contributed by atoms with Gasteiger partial charge >= 0.3 is 0 Å². The lowest BCUT2D eigenvalue weighted by molar-refractivity contribution is 0.688. The molecule has 110 valence electrons. The number of benzene rings is 2. The molecule has 0 atom stereocenters. The fourth-order valence-corrected chi connectivity index (χ4v) is 2.96. The van der Waals surface area contributed by atoms with E-state index in [0.29, 0.717) is 0 Å². The molecule has 1 aliphatic heterocycles. The van der Waals surface area contributed by atoms with Crippen molar-refractivity contribution < 1.29 is 0 Å². The molecule has 5 heteroatoms. The number of anilines is 2. The Labute approximate surface area is 128 Å². The molecule has 1 aromatic heterocycles. The van der Waals surface area contributed by atoms with Crippen LogP contribution in [0, 0.1) is 6.92 Å². The Hall–Kier alpha value is -2.82. The van der Waals surface area contributed by atoms with Crippen LogP contribution < -0.4 is 11.5 Å². The lowest BCUT2D eigenvalue weighted by Gasteiger charge is -2.19. The fourth-order valence-electron chi connectivity index (χ4n) is 2.96. The van der Waals surface area contributed by atoms with Crippen molar-refractivity contribution in [2.24, 2.45) is 0 Å². The monoisotopic (exact) mass is 291 g/mol. The number of rotatable bonds is 1. The van der Waals surface area contributed by atoms with Gasteiger partial charge in [0.15, 0.2) is 11.6 Å². The summed E-state index contributed by atoms with van der Waals surface area (Å²) in [4.78, 5) is 0. The molecule has 0 radical (unpaired) electrons. The van der Waals surface area contributed by atoms with Crippen LogP contribution in [0.1, 0.15) is 11.1 Å².